The van der Waals surface area contributed by atoms with Gasteiger partial charge in [0.1, 0.15) is 5.58 Å². The molecule has 0 fully saturated rings. The lowest BCUT2D eigenvalue weighted by Gasteiger charge is -2.15. The van der Waals surface area contributed by atoms with Crippen molar-refractivity contribution in [2.45, 2.75) is 0 Å². The Balaban J connectivity index is 1.25. The number of hydrogen-bond acceptors (Lipinski definition) is 4. The van der Waals surface area contributed by atoms with Crippen LogP contribution in [0.3, 0.4) is 0 Å². The number of aromatic nitrogens is 4. The van der Waals surface area contributed by atoms with Crippen LogP contribution in [0, 0.1) is 0 Å². The van der Waals surface area contributed by atoms with Gasteiger partial charge in [-0.3, -0.25) is 0 Å². The molecule has 0 aliphatic carbocycles. The second-order valence-electron chi connectivity index (χ2n) is 12.4. The molecule has 10 rings (SSSR count). The van der Waals surface area contributed by atoms with Crippen LogP contribution in [-0.4, -0.2) is 19.5 Å². The van der Waals surface area contributed by atoms with Crippen LogP contribution in [0.5, 0.6) is 0 Å². The van der Waals surface area contributed by atoms with Gasteiger partial charge in [-0.1, -0.05) is 133 Å². The highest BCUT2D eigenvalue weighted by Crippen LogP contribution is 2.42. The number of para-hydroxylation sites is 3. The summed E-state index contributed by atoms with van der Waals surface area (Å²) in [6.07, 6.45) is 0. The van der Waals surface area contributed by atoms with Gasteiger partial charge in [0.2, 0.25) is 0 Å². The summed E-state index contributed by atoms with van der Waals surface area (Å²) in [5, 5.41) is 4.46. The van der Waals surface area contributed by atoms with Gasteiger partial charge in [0, 0.05) is 38.2 Å². The molecular weight excluding hydrogens is 613 g/mol. The summed E-state index contributed by atoms with van der Waals surface area (Å²) in [6, 6.07) is 58.4. The lowest BCUT2D eigenvalue weighted by atomic mass is 10.0. The van der Waals surface area contributed by atoms with Gasteiger partial charge in [-0.15, -0.1) is 0 Å². The van der Waals surface area contributed by atoms with Crippen LogP contribution in [0.25, 0.3) is 94.7 Å². The fourth-order valence-electron chi connectivity index (χ4n) is 7.15. The first-order valence-electron chi connectivity index (χ1n) is 16.7. The van der Waals surface area contributed by atoms with E-state index in [1.807, 2.05) is 54.6 Å². The van der Waals surface area contributed by atoms with Crippen molar-refractivity contribution < 1.29 is 4.42 Å². The molecule has 234 valence electrons. The first kappa shape index (κ1) is 28.2. The molecule has 3 aromatic heterocycles. The van der Waals surface area contributed by atoms with Crippen LogP contribution in [0.1, 0.15) is 0 Å². The smallest absolute Gasteiger partial charge is 0.166 e. The monoisotopic (exact) mass is 640 g/mol. The van der Waals surface area contributed by atoms with Crippen LogP contribution in [0.2, 0.25) is 0 Å². The molecule has 0 spiro atoms. The Bertz CT molecular complexity index is 2870. The largest absolute Gasteiger partial charge is 0.454 e. The van der Waals surface area contributed by atoms with Gasteiger partial charge >= 0.3 is 0 Å². The first-order valence-corrected chi connectivity index (χ1v) is 16.7. The highest BCUT2D eigenvalue weighted by molar-refractivity contribution is 6.21. The van der Waals surface area contributed by atoms with E-state index in [2.05, 4.69) is 120 Å². The number of nitrogens with zero attached hydrogens (tertiary/aromatic N) is 4. The number of rotatable bonds is 5. The summed E-state index contributed by atoms with van der Waals surface area (Å²) in [7, 11) is 0. The Hall–Kier alpha value is -6.85. The van der Waals surface area contributed by atoms with E-state index in [-0.39, 0.29) is 0 Å². The van der Waals surface area contributed by atoms with Crippen LogP contribution in [0.15, 0.2) is 174 Å². The zero-order chi connectivity index (χ0) is 33.0. The molecule has 7 aromatic carbocycles. The molecule has 0 amide bonds. The van der Waals surface area contributed by atoms with Crippen molar-refractivity contribution >= 4 is 43.7 Å². The maximum atomic E-state index is 6.64. The lowest BCUT2D eigenvalue weighted by Crippen LogP contribution is -2.03. The third-order valence-corrected chi connectivity index (χ3v) is 9.46. The van der Waals surface area contributed by atoms with Gasteiger partial charge in [-0.2, -0.15) is 0 Å². The quantitative estimate of drug-likeness (QED) is 0.188. The molecule has 0 N–H and O–H groups in total. The molecule has 0 aliphatic rings. The Labute approximate surface area is 287 Å². The molecule has 0 saturated heterocycles. The van der Waals surface area contributed by atoms with E-state index in [4.69, 9.17) is 19.4 Å². The van der Waals surface area contributed by atoms with Crippen LogP contribution in [-0.2, 0) is 0 Å². The normalized spacial score (nSPS) is 11.6. The summed E-state index contributed by atoms with van der Waals surface area (Å²) in [6.45, 7) is 0. The van der Waals surface area contributed by atoms with Gasteiger partial charge in [0.25, 0.3) is 0 Å². The lowest BCUT2D eigenvalue weighted by molar-refractivity contribution is 0.671. The molecular formula is C45H28N4O. The molecule has 0 radical (unpaired) electrons. The van der Waals surface area contributed by atoms with Crippen LogP contribution >= 0.6 is 0 Å². The Morgan fingerprint density at radius 1 is 0.400 bits per heavy atom. The molecule has 10 aromatic rings. The average Bonchev–Trinajstić information content (AvgIpc) is 3.74. The van der Waals surface area contributed by atoms with Gasteiger partial charge in [-0.25, -0.2) is 15.0 Å². The third-order valence-electron chi connectivity index (χ3n) is 9.46. The highest BCUT2D eigenvalue weighted by Gasteiger charge is 2.22. The SMILES string of the molecule is c1ccc(-c2cccc(-c3nc(-c4ccccc4)nc(-c4ccccc4-n4c5ccccc5c5ccc6c7ccccc7oc6c54)n3)c2)cc1. The van der Waals surface area contributed by atoms with Gasteiger partial charge in [0.15, 0.2) is 23.1 Å². The van der Waals surface area contributed by atoms with E-state index in [0.717, 1.165) is 77.2 Å². The van der Waals surface area contributed by atoms with E-state index in [1.54, 1.807) is 0 Å². The summed E-state index contributed by atoms with van der Waals surface area (Å²) in [4.78, 5) is 15.4. The average molecular weight is 641 g/mol. The van der Waals surface area contributed by atoms with Gasteiger partial charge in [0.05, 0.1) is 16.7 Å². The van der Waals surface area contributed by atoms with Crippen molar-refractivity contribution in [2.75, 3.05) is 0 Å². The zero-order valence-electron chi connectivity index (χ0n) is 26.9. The van der Waals surface area contributed by atoms with E-state index >= 15 is 0 Å². The molecule has 0 saturated carbocycles. The molecule has 3 heterocycles. The van der Waals surface area contributed by atoms with Crippen molar-refractivity contribution in [3.63, 3.8) is 0 Å². The van der Waals surface area contributed by atoms with E-state index < -0.39 is 0 Å². The fraction of sp³-hybridized carbons (Fsp3) is 0. The minimum absolute atomic E-state index is 0.595. The minimum Gasteiger partial charge on any atom is -0.454 e. The van der Waals surface area contributed by atoms with Crippen molar-refractivity contribution in [3.05, 3.63) is 170 Å². The second kappa shape index (κ2) is 11.4. The Morgan fingerprint density at radius 3 is 1.84 bits per heavy atom. The summed E-state index contributed by atoms with van der Waals surface area (Å²) < 4.78 is 8.95. The Kier molecular flexibility index (Phi) is 6.42. The summed E-state index contributed by atoms with van der Waals surface area (Å²) >= 11 is 0. The third kappa shape index (κ3) is 4.52. The van der Waals surface area contributed by atoms with Gasteiger partial charge < -0.3 is 8.98 Å². The predicted octanol–water partition coefficient (Wildman–Crippen LogP) is 11.5. The van der Waals surface area contributed by atoms with Crippen LogP contribution < -0.4 is 0 Å². The summed E-state index contributed by atoms with van der Waals surface area (Å²) in [5.74, 6) is 1.83. The zero-order valence-corrected chi connectivity index (χ0v) is 26.9. The van der Waals surface area contributed by atoms with Crippen LogP contribution in [0.4, 0.5) is 0 Å². The predicted molar refractivity (Wildman–Crippen MR) is 203 cm³/mol. The van der Waals surface area contributed by atoms with E-state index in [1.165, 1.54) is 0 Å². The van der Waals surface area contributed by atoms with Crippen molar-refractivity contribution in [1.29, 1.82) is 0 Å². The maximum Gasteiger partial charge on any atom is 0.166 e. The summed E-state index contributed by atoms with van der Waals surface area (Å²) in [5.41, 5.74) is 9.76. The van der Waals surface area contributed by atoms with Crippen molar-refractivity contribution in [3.8, 4) is 51.0 Å². The minimum atomic E-state index is 0.595. The highest BCUT2D eigenvalue weighted by atomic mass is 16.3. The van der Waals surface area contributed by atoms with Crippen molar-refractivity contribution in [1.82, 2.24) is 19.5 Å². The fourth-order valence-corrected chi connectivity index (χ4v) is 7.15. The van der Waals surface area contributed by atoms with Gasteiger partial charge in [-0.05, 0) is 47.5 Å². The Morgan fingerprint density at radius 2 is 1.00 bits per heavy atom. The number of furan rings is 1. The molecule has 0 aliphatic heterocycles. The maximum absolute atomic E-state index is 6.64. The number of benzene rings is 7. The molecule has 5 nitrogen and oxygen atoms in total. The molecule has 50 heavy (non-hydrogen) atoms. The molecule has 0 atom stereocenters. The van der Waals surface area contributed by atoms with Crippen molar-refractivity contribution in [2.24, 2.45) is 0 Å². The topological polar surface area (TPSA) is 56.7 Å². The molecule has 0 bridgehead atoms. The standard InChI is InChI=1S/C45H28N4O/c1-3-14-29(15-4-1)31-18-13-19-32(28-31)44-46-43(30-16-5-2-6-17-30)47-45(48-44)37-22-8-11-24-39(37)49-38-23-10-7-20-33(38)35-26-27-36-34-21-9-12-25-40(34)50-42(36)41(35)49/h1-28H. The van der Waals surface area contributed by atoms with E-state index in [0.29, 0.717) is 17.5 Å². The molecule has 5 heteroatoms. The second-order valence-corrected chi connectivity index (χ2v) is 12.4. The van der Waals surface area contributed by atoms with E-state index in [9.17, 15) is 0 Å². The number of hydrogen-bond donors (Lipinski definition) is 0. The first-order chi connectivity index (χ1) is 24.8. The molecule has 0 unspecified atom stereocenters. The number of fused-ring (bicyclic) bond motifs is 7.